The van der Waals surface area contributed by atoms with Gasteiger partial charge in [0.2, 0.25) is 0 Å². The third kappa shape index (κ3) is 1.28. The van der Waals surface area contributed by atoms with E-state index in [1.807, 2.05) is 12.1 Å². The van der Waals surface area contributed by atoms with Crippen LogP contribution in [0.15, 0.2) is 54.6 Å². The standard InChI is InChI=1S/C17H12O/c18-15-6-5-11-10-17-14(8-13(11)9-15)7-12-3-1-2-4-16(12)17/h1-6,8-10,18H,7H2. The first-order valence-corrected chi connectivity index (χ1v) is 6.15. The van der Waals surface area contributed by atoms with Crippen molar-refractivity contribution in [1.29, 1.82) is 0 Å². The molecule has 4 rings (SSSR count). The van der Waals surface area contributed by atoms with Crippen molar-refractivity contribution in [2.45, 2.75) is 6.42 Å². The van der Waals surface area contributed by atoms with E-state index in [0.717, 1.165) is 11.8 Å². The zero-order valence-electron chi connectivity index (χ0n) is 9.85. The summed E-state index contributed by atoms with van der Waals surface area (Å²) in [4.78, 5) is 0. The van der Waals surface area contributed by atoms with Crippen molar-refractivity contribution < 1.29 is 5.11 Å². The minimum absolute atomic E-state index is 0.331. The van der Waals surface area contributed by atoms with E-state index < -0.39 is 0 Å². The Hall–Kier alpha value is -2.28. The largest absolute Gasteiger partial charge is 0.508 e. The summed E-state index contributed by atoms with van der Waals surface area (Å²) < 4.78 is 0. The second-order valence-electron chi connectivity index (χ2n) is 4.87. The van der Waals surface area contributed by atoms with Gasteiger partial charge >= 0.3 is 0 Å². The van der Waals surface area contributed by atoms with E-state index in [-0.39, 0.29) is 0 Å². The van der Waals surface area contributed by atoms with Crippen molar-refractivity contribution in [3.63, 3.8) is 0 Å². The number of fused-ring (bicyclic) bond motifs is 4. The average Bonchev–Trinajstić information content (AvgIpc) is 2.73. The van der Waals surface area contributed by atoms with Crippen LogP contribution in [0.25, 0.3) is 21.9 Å². The lowest BCUT2D eigenvalue weighted by Crippen LogP contribution is -1.81. The lowest BCUT2D eigenvalue weighted by molar-refractivity contribution is 0.476. The second-order valence-corrected chi connectivity index (χ2v) is 4.87. The molecule has 0 spiro atoms. The quantitative estimate of drug-likeness (QED) is 0.483. The Kier molecular flexibility index (Phi) is 1.81. The highest BCUT2D eigenvalue weighted by Gasteiger charge is 2.18. The third-order valence-corrected chi connectivity index (χ3v) is 3.73. The number of hydrogen-bond donors (Lipinski definition) is 1. The molecule has 0 aromatic heterocycles. The molecular weight excluding hydrogens is 220 g/mol. The predicted octanol–water partition coefficient (Wildman–Crippen LogP) is 4.12. The van der Waals surface area contributed by atoms with Crippen LogP contribution in [0.2, 0.25) is 0 Å². The molecule has 0 radical (unpaired) electrons. The van der Waals surface area contributed by atoms with Gasteiger partial charge in [-0.3, -0.25) is 0 Å². The average molecular weight is 232 g/mol. The molecule has 0 saturated heterocycles. The van der Waals surface area contributed by atoms with Gasteiger partial charge in [-0.1, -0.05) is 36.4 Å². The maximum atomic E-state index is 9.55. The van der Waals surface area contributed by atoms with Gasteiger partial charge in [-0.2, -0.15) is 0 Å². The highest BCUT2D eigenvalue weighted by Crippen LogP contribution is 2.39. The molecule has 0 aliphatic heterocycles. The number of rotatable bonds is 0. The summed E-state index contributed by atoms with van der Waals surface area (Å²) in [7, 11) is 0. The summed E-state index contributed by atoms with van der Waals surface area (Å²) in [6, 6.07) is 18.6. The molecule has 3 aromatic rings. The Morgan fingerprint density at radius 3 is 2.56 bits per heavy atom. The van der Waals surface area contributed by atoms with E-state index in [4.69, 9.17) is 0 Å². The van der Waals surface area contributed by atoms with E-state index in [2.05, 4.69) is 36.4 Å². The number of phenols is 1. The summed E-state index contributed by atoms with van der Waals surface area (Å²) in [6.07, 6.45) is 0.997. The van der Waals surface area contributed by atoms with Crippen LogP contribution in [0.1, 0.15) is 11.1 Å². The third-order valence-electron chi connectivity index (χ3n) is 3.73. The van der Waals surface area contributed by atoms with Gasteiger partial charge < -0.3 is 5.11 Å². The van der Waals surface area contributed by atoms with E-state index in [1.165, 1.54) is 27.6 Å². The summed E-state index contributed by atoms with van der Waals surface area (Å²) in [5.74, 6) is 0.331. The van der Waals surface area contributed by atoms with Crippen molar-refractivity contribution in [2.24, 2.45) is 0 Å². The molecule has 18 heavy (non-hydrogen) atoms. The van der Waals surface area contributed by atoms with Gasteiger partial charge in [0, 0.05) is 0 Å². The number of hydrogen-bond acceptors (Lipinski definition) is 1. The van der Waals surface area contributed by atoms with Crippen molar-refractivity contribution in [2.75, 3.05) is 0 Å². The molecular formula is C17H12O. The first kappa shape index (κ1) is 9.72. The monoisotopic (exact) mass is 232 g/mol. The van der Waals surface area contributed by atoms with Crippen LogP contribution in [0.3, 0.4) is 0 Å². The van der Waals surface area contributed by atoms with Crippen LogP contribution >= 0.6 is 0 Å². The smallest absolute Gasteiger partial charge is 0.116 e. The fraction of sp³-hybridized carbons (Fsp3) is 0.0588. The predicted molar refractivity (Wildman–Crippen MR) is 73.9 cm³/mol. The minimum Gasteiger partial charge on any atom is -0.508 e. The van der Waals surface area contributed by atoms with E-state index in [1.54, 1.807) is 6.07 Å². The fourth-order valence-corrected chi connectivity index (χ4v) is 2.87. The van der Waals surface area contributed by atoms with Crippen molar-refractivity contribution >= 4 is 10.8 Å². The molecule has 1 N–H and O–H groups in total. The maximum absolute atomic E-state index is 9.55. The molecule has 0 saturated carbocycles. The van der Waals surface area contributed by atoms with Crippen LogP contribution in [0, 0.1) is 0 Å². The van der Waals surface area contributed by atoms with E-state index in [9.17, 15) is 5.11 Å². The normalized spacial score (nSPS) is 12.4. The van der Waals surface area contributed by atoms with Crippen LogP contribution in [0.4, 0.5) is 0 Å². The number of phenolic OH excluding ortho intramolecular Hbond substituents is 1. The molecule has 0 bridgehead atoms. The van der Waals surface area contributed by atoms with E-state index in [0.29, 0.717) is 5.75 Å². The zero-order valence-corrected chi connectivity index (χ0v) is 9.85. The first-order valence-electron chi connectivity index (χ1n) is 6.15. The summed E-state index contributed by atoms with van der Waals surface area (Å²) in [5, 5.41) is 11.8. The Bertz CT molecular complexity index is 772. The molecule has 0 heterocycles. The first-order chi connectivity index (χ1) is 8.81. The number of benzene rings is 3. The SMILES string of the molecule is Oc1ccc2cc3c(cc2c1)Cc1ccccc1-3. The Morgan fingerprint density at radius 1 is 0.722 bits per heavy atom. The van der Waals surface area contributed by atoms with Crippen molar-refractivity contribution in [1.82, 2.24) is 0 Å². The van der Waals surface area contributed by atoms with Gasteiger partial charge in [0.1, 0.15) is 5.75 Å². The lowest BCUT2D eigenvalue weighted by Gasteiger charge is -2.04. The molecule has 1 heteroatoms. The second kappa shape index (κ2) is 3.36. The Labute approximate surface area is 105 Å². The summed E-state index contributed by atoms with van der Waals surface area (Å²) in [5.41, 5.74) is 5.44. The summed E-state index contributed by atoms with van der Waals surface area (Å²) >= 11 is 0. The van der Waals surface area contributed by atoms with Gasteiger partial charge in [-0.25, -0.2) is 0 Å². The summed E-state index contributed by atoms with van der Waals surface area (Å²) in [6.45, 7) is 0. The Balaban J connectivity index is 2.04. The van der Waals surface area contributed by atoms with Gasteiger partial charge in [0.05, 0.1) is 0 Å². The van der Waals surface area contributed by atoms with E-state index >= 15 is 0 Å². The van der Waals surface area contributed by atoms with Crippen LogP contribution in [0.5, 0.6) is 5.75 Å². The van der Waals surface area contributed by atoms with Gasteiger partial charge in [-0.15, -0.1) is 0 Å². The molecule has 0 amide bonds. The van der Waals surface area contributed by atoms with Crippen molar-refractivity contribution in [3.05, 3.63) is 65.7 Å². The highest BCUT2D eigenvalue weighted by molar-refractivity contribution is 5.92. The molecule has 1 aliphatic rings. The molecule has 86 valence electrons. The fourth-order valence-electron chi connectivity index (χ4n) is 2.87. The number of aromatic hydroxyl groups is 1. The van der Waals surface area contributed by atoms with Gasteiger partial charge in [-0.05, 0) is 57.6 Å². The maximum Gasteiger partial charge on any atom is 0.116 e. The van der Waals surface area contributed by atoms with Crippen LogP contribution in [-0.2, 0) is 6.42 Å². The minimum atomic E-state index is 0.331. The zero-order chi connectivity index (χ0) is 12.1. The van der Waals surface area contributed by atoms with Crippen LogP contribution in [-0.4, -0.2) is 5.11 Å². The Morgan fingerprint density at radius 2 is 1.61 bits per heavy atom. The topological polar surface area (TPSA) is 20.2 Å². The van der Waals surface area contributed by atoms with Gasteiger partial charge in [0.15, 0.2) is 0 Å². The molecule has 1 nitrogen and oxygen atoms in total. The molecule has 1 aliphatic carbocycles. The molecule has 3 aromatic carbocycles. The molecule has 0 fully saturated rings. The molecule has 0 unspecified atom stereocenters. The van der Waals surface area contributed by atoms with Gasteiger partial charge in [0.25, 0.3) is 0 Å². The lowest BCUT2D eigenvalue weighted by atomic mass is 10.0. The highest BCUT2D eigenvalue weighted by atomic mass is 16.3. The molecule has 0 atom stereocenters. The van der Waals surface area contributed by atoms with Crippen LogP contribution < -0.4 is 0 Å². The van der Waals surface area contributed by atoms with Crippen molar-refractivity contribution in [3.8, 4) is 16.9 Å².